The molecule has 0 saturated carbocycles. The van der Waals surface area contributed by atoms with Crippen molar-refractivity contribution in [2.45, 2.75) is 57.2 Å². The number of esters is 2. The minimum atomic E-state index is -0.934. The Kier molecular flexibility index (Phi) is 14.8. The van der Waals surface area contributed by atoms with Crippen LogP contribution in [0.2, 0.25) is 0 Å². The molecule has 1 aromatic heterocycles. The first-order valence-electron chi connectivity index (χ1n) is 19.5. The SMILES string of the molecule is CCOC(CO/N=C\C(=O)NC1C(=O)N2C(C(=O)OCOC(=O)C(C)(C)CC)=C(COC)CS[C@@H]12)c1csc(NC(c2ccccc2)(c2ccccc2)c2ccccc2)n1. The van der Waals surface area contributed by atoms with Gasteiger partial charge in [0.2, 0.25) is 6.79 Å². The molecule has 2 N–H and O–H groups in total. The largest absolute Gasteiger partial charge is 0.427 e. The zero-order chi connectivity index (χ0) is 42.7. The number of nitrogens with one attached hydrogen (secondary N) is 2. The van der Waals surface area contributed by atoms with Crippen molar-refractivity contribution in [3.8, 4) is 0 Å². The summed E-state index contributed by atoms with van der Waals surface area (Å²) in [6.07, 6.45) is 0.881. The lowest BCUT2D eigenvalue weighted by atomic mass is 9.77. The molecule has 2 amide bonds. The lowest BCUT2D eigenvalue weighted by Gasteiger charge is -2.49. The Morgan fingerprint density at radius 3 is 2.13 bits per heavy atom. The standard InChI is InChI=1S/C44H49N5O9S2/c1-6-43(3,4)41(53)57-28-56-40(52)37-29(24-54-5)26-59-39-36(38(51)49(37)39)47-35(50)23-45-58-25-34(55-7-2)33-27-60-42(46-33)48-44(30-17-11-8-12-18-30,31-19-13-9-14-20-31)32-21-15-10-16-22-32/h8-23,27,34,36,39H,6-7,24-26,28H2,1-5H3,(H,46,48)(H,47,50)/b45-23-/t34?,36?,39-/m0/s1. The number of thioether (sulfide) groups is 1. The van der Waals surface area contributed by atoms with E-state index in [1.54, 1.807) is 13.8 Å². The molecule has 2 aliphatic rings. The molecular formula is C44H49N5O9S2. The zero-order valence-corrected chi connectivity index (χ0v) is 35.8. The number of hydrogen-bond acceptors (Lipinski definition) is 14. The Morgan fingerprint density at radius 2 is 1.57 bits per heavy atom. The Hall–Kier alpha value is -5.55. The Bertz CT molecular complexity index is 2070. The topological polar surface area (TPSA) is 167 Å². The van der Waals surface area contributed by atoms with Crippen LogP contribution in [0.4, 0.5) is 5.13 Å². The molecule has 0 radical (unpaired) electrons. The highest BCUT2D eigenvalue weighted by molar-refractivity contribution is 8.00. The second-order valence-electron chi connectivity index (χ2n) is 14.5. The summed E-state index contributed by atoms with van der Waals surface area (Å²) in [6.45, 7) is 6.98. The van der Waals surface area contributed by atoms with Crippen LogP contribution in [-0.4, -0.2) is 90.7 Å². The van der Waals surface area contributed by atoms with Crippen molar-refractivity contribution in [2.75, 3.05) is 44.8 Å². The summed E-state index contributed by atoms with van der Waals surface area (Å²) in [4.78, 5) is 63.6. The van der Waals surface area contributed by atoms with E-state index in [9.17, 15) is 19.2 Å². The van der Waals surface area contributed by atoms with Gasteiger partial charge in [-0.3, -0.25) is 19.3 Å². The minimum Gasteiger partial charge on any atom is -0.427 e. The monoisotopic (exact) mass is 855 g/mol. The van der Waals surface area contributed by atoms with Crippen molar-refractivity contribution in [1.29, 1.82) is 0 Å². The molecular weight excluding hydrogens is 807 g/mol. The molecule has 2 unspecified atom stereocenters. The third kappa shape index (κ3) is 9.73. The summed E-state index contributed by atoms with van der Waals surface area (Å²) in [5.41, 5.74) is 2.77. The number of ether oxygens (including phenoxy) is 4. The van der Waals surface area contributed by atoms with E-state index < -0.39 is 59.0 Å². The molecule has 6 rings (SSSR count). The van der Waals surface area contributed by atoms with E-state index in [1.807, 2.05) is 73.8 Å². The van der Waals surface area contributed by atoms with E-state index >= 15 is 0 Å². The van der Waals surface area contributed by atoms with E-state index in [0.717, 1.165) is 22.9 Å². The number of carbonyl (C=O) groups is 4. The molecule has 60 heavy (non-hydrogen) atoms. The maximum absolute atomic E-state index is 13.4. The first-order chi connectivity index (χ1) is 29.0. The van der Waals surface area contributed by atoms with Crippen LogP contribution in [0, 0.1) is 5.41 Å². The number of anilines is 1. The van der Waals surface area contributed by atoms with Crippen LogP contribution in [0.25, 0.3) is 0 Å². The van der Waals surface area contributed by atoms with Crippen LogP contribution in [0.5, 0.6) is 0 Å². The van der Waals surface area contributed by atoms with Crippen molar-refractivity contribution in [3.63, 3.8) is 0 Å². The predicted molar refractivity (Wildman–Crippen MR) is 229 cm³/mol. The molecule has 0 spiro atoms. The minimum absolute atomic E-state index is 0.00662. The van der Waals surface area contributed by atoms with Gasteiger partial charge in [0, 0.05) is 24.8 Å². The number of aromatic nitrogens is 1. The first kappa shape index (κ1) is 44.0. The molecule has 316 valence electrons. The van der Waals surface area contributed by atoms with Crippen molar-refractivity contribution in [2.24, 2.45) is 10.6 Å². The predicted octanol–water partition coefficient (Wildman–Crippen LogP) is 6.41. The number of oxime groups is 1. The van der Waals surface area contributed by atoms with E-state index in [-0.39, 0.29) is 18.9 Å². The molecule has 3 aromatic carbocycles. The fourth-order valence-corrected chi connectivity index (χ4v) is 8.88. The number of hydrogen-bond donors (Lipinski definition) is 2. The summed E-state index contributed by atoms with van der Waals surface area (Å²) < 4.78 is 21.7. The average molecular weight is 856 g/mol. The van der Waals surface area contributed by atoms with Gasteiger partial charge in [-0.1, -0.05) is 103 Å². The fourth-order valence-electron chi connectivity index (χ4n) is 6.74. The van der Waals surface area contributed by atoms with Gasteiger partial charge in [-0.25, -0.2) is 9.78 Å². The van der Waals surface area contributed by atoms with Gasteiger partial charge in [-0.15, -0.1) is 23.1 Å². The molecule has 2 aliphatic heterocycles. The van der Waals surface area contributed by atoms with E-state index in [2.05, 4.69) is 52.2 Å². The molecule has 1 saturated heterocycles. The molecule has 3 atom stereocenters. The van der Waals surface area contributed by atoms with Crippen LogP contribution in [0.1, 0.15) is 62.6 Å². The first-order valence-corrected chi connectivity index (χ1v) is 21.4. The smallest absolute Gasteiger partial charge is 0.358 e. The second kappa shape index (κ2) is 20.1. The highest BCUT2D eigenvalue weighted by atomic mass is 32.2. The molecule has 1 fully saturated rings. The van der Waals surface area contributed by atoms with Gasteiger partial charge < -0.3 is 34.4 Å². The maximum Gasteiger partial charge on any atom is 0.358 e. The summed E-state index contributed by atoms with van der Waals surface area (Å²) in [5.74, 6) is -2.18. The number of fused-ring (bicyclic) bond motifs is 1. The number of methoxy groups -OCH3 is 1. The highest BCUT2D eigenvalue weighted by Crippen LogP contribution is 2.42. The van der Waals surface area contributed by atoms with Gasteiger partial charge in [0.05, 0.1) is 17.7 Å². The van der Waals surface area contributed by atoms with E-state index in [0.29, 0.717) is 35.2 Å². The number of thiazole rings is 1. The number of nitrogens with zero attached hydrogens (tertiary/aromatic N) is 3. The van der Waals surface area contributed by atoms with Gasteiger partial charge in [-0.05, 0) is 49.5 Å². The summed E-state index contributed by atoms with van der Waals surface area (Å²) in [6, 6.07) is 29.7. The third-order valence-corrected chi connectivity index (χ3v) is 12.4. The quantitative estimate of drug-likeness (QED) is 0.0251. The number of β-lactam (4-membered cyclic amide) rings is 1. The number of carbonyl (C=O) groups excluding carboxylic acids is 4. The lowest BCUT2D eigenvalue weighted by Crippen LogP contribution is -2.70. The molecule has 0 bridgehead atoms. The molecule has 4 aromatic rings. The number of rotatable bonds is 20. The zero-order valence-electron chi connectivity index (χ0n) is 34.1. The van der Waals surface area contributed by atoms with Crippen molar-refractivity contribution < 1.29 is 43.0 Å². The Morgan fingerprint density at radius 1 is 0.950 bits per heavy atom. The average Bonchev–Trinajstić information content (AvgIpc) is 3.74. The van der Waals surface area contributed by atoms with Gasteiger partial charge in [0.1, 0.15) is 41.6 Å². The van der Waals surface area contributed by atoms with Crippen LogP contribution >= 0.6 is 23.1 Å². The Balaban J connectivity index is 1.08. The third-order valence-electron chi connectivity index (χ3n) is 10.3. The van der Waals surface area contributed by atoms with Crippen molar-refractivity contribution >= 4 is 58.2 Å². The molecule has 3 heterocycles. The lowest BCUT2D eigenvalue weighted by molar-refractivity contribution is -0.174. The van der Waals surface area contributed by atoms with Crippen LogP contribution in [-0.2, 0) is 48.5 Å². The molecule has 16 heteroatoms. The van der Waals surface area contributed by atoms with E-state index in [4.69, 9.17) is 28.8 Å². The summed E-state index contributed by atoms with van der Waals surface area (Å²) in [7, 11) is 1.47. The van der Waals surface area contributed by atoms with Crippen LogP contribution in [0.15, 0.2) is 113 Å². The van der Waals surface area contributed by atoms with Gasteiger partial charge in [-0.2, -0.15) is 0 Å². The molecule has 0 aliphatic carbocycles. The van der Waals surface area contributed by atoms with Gasteiger partial charge in [0.25, 0.3) is 11.8 Å². The van der Waals surface area contributed by atoms with Crippen molar-refractivity contribution in [3.05, 3.63) is 130 Å². The summed E-state index contributed by atoms with van der Waals surface area (Å²) >= 11 is 2.80. The van der Waals surface area contributed by atoms with Gasteiger partial charge in [0.15, 0.2) is 5.13 Å². The number of amides is 2. The van der Waals surface area contributed by atoms with Crippen molar-refractivity contribution in [1.82, 2.24) is 15.2 Å². The second-order valence-corrected chi connectivity index (χ2v) is 16.5. The maximum atomic E-state index is 13.4. The molecule has 14 nitrogen and oxygen atoms in total. The van der Waals surface area contributed by atoms with E-state index in [1.165, 1.54) is 35.1 Å². The van der Waals surface area contributed by atoms with Gasteiger partial charge >= 0.3 is 11.9 Å². The fraction of sp³-hybridized carbons (Fsp3) is 0.364. The highest BCUT2D eigenvalue weighted by Gasteiger charge is 2.54. The number of benzene rings is 3. The Labute approximate surface area is 357 Å². The normalized spacial score (nSPS) is 17.1. The van der Waals surface area contributed by atoms with Crippen LogP contribution < -0.4 is 10.6 Å². The van der Waals surface area contributed by atoms with Crippen LogP contribution in [0.3, 0.4) is 0 Å². The summed E-state index contributed by atoms with van der Waals surface area (Å²) in [5, 5.41) is 12.3.